The van der Waals surface area contributed by atoms with Gasteiger partial charge >= 0.3 is 0 Å². The first kappa shape index (κ1) is 21.2. The summed E-state index contributed by atoms with van der Waals surface area (Å²) < 4.78 is 10.5. The van der Waals surface area contributed by atoms with E-state index in [1.54, 1.807) is 50.6 Å². The number of hydrogen-bond acceptors (Lipinski definition) is 5. The van der Waals surface area contributed by atoms with E-state index in [9.17, 15) is 9.59 Å². The molecule has 3 N–H and O–H groups in total. The van der Waals surface area contributed by atoms with Gasteiger partial charge in [0.05, 0.1) is 25.6 Å². The number of anilines is 2. The molecule has 0 radical (unpaired) electrons. The van der Waals surface area contributed by atoms with Crippen molar-refractivity contribution in [1.29, 1.82) is 0 Å². The third kappa shape index (κ3) is 5.31. The Morgan fingerprint density at radius 1 is 1.00 bits per heavy atom. The molecule has 1 saturated heterocycles. The second-order valence-electron chi connectivity index (χ2n) is 7.11. The number of amides is 2. The molecular weight excluding hydrogens is 382 g/mol. The lowest BCUT2D eigenvalue weighted by atomic mass is 10.1. The Morgan fingerprint density at radius 3 is 2.27 bits per heavy atom. The van der Waals surface area contributed by atoms with Gasteiger partial charge in [-0.2, -0.15) is 0 Å². The fourth-order valence-corrected chi connectivity index (χ4v) is 3.47. The molecule has 0 aliphatic carbocycles. The minimum atomic E-state index is -0.533. The highest BCUT2D eigenvalue weighted by atomic mass is 16.5. The van der Waals surface area contributed by atoms with E-state index in [1.165, 1.54) is 12.5 Å². The summed E-state index contributed by atoms with van der Waals surface area (Å²) in [6.45, 7) is 1.83. The summed E-state index contributed by atoms with van der Waals surface area (Å²) in [5.74, 6) is 0.429. The highest BCUT2D eigenvalue weighted by molar-refractivity contribution is 6.05. The molecule has 0 spiro atoms. The minimum absolute atomic E-state index is 0.309. The van der Waals surface area contributed by atoms with Crippen LogP contribution in [0.25, 0.3) is 6.08 Å². The molecule has 2 amide bonds. The molecule has 0 bridgehead atoms. The summed E-state index contributed by atoms with van der Waals surface area (Å²) in [4.78, 5) is 26.5. The molecule has 0 aromatic heterocycles. The van der Waals surface area contributed by atoms with Crippen LogP contribution in [0.3, 0.4) is 0 Å². The van der Waals surface area contributed by atoms with Gasteiger partial charge in [-0.25, -0.2) is 0 Å². The first-order valence-electron chi connectivity index (χ1n) is 9.91. The average molecular weight is 409 g/mol. The van der Waals surface area contributed by atoms with Crippen molar-refractivity contribution in [3.8, 4) is 11.5 Å². The zero-order valence-corrected chi connectivity index (χ0v) is 17.3. The van der Waals surface area contributed by atoms with Crippen LogP contribution in [0.1, 0.15) is 35.2 Å². The highest BCUT2D eigenvalue weighted by Gasteiger charge is 2.17. The number of carbonyl (C=O) groups is 2. The van der Waals surface area contributed by atoms with Crippen LogP contribution >= 0.6 is 0 Å². The van der Waals surface area contributed by atoms with Crippen LogP contribution in [0.15, 0.2) is 42.5 Å². The van der Waals surface area contributed by atoms with E-state index >= 15 is 0 Å². The second kappa shape index (κ2) is 9.82. The Kier molecular flexibility index (Phi) is 6.95. The number of primary amides is 1. The lowest BCUT2D eigenvalue weighted by Gasteiger charge is -2.30. The lowest BCUT2D eigenvalue weighted by molar-refractivity contribution is -0.111. The smallest absolute Gasteiger partial charge is 0.248 e. The van der Waals surface area contributed by atoms with Crippen LogP contribution in [-0.4, -0.2) is 39.1 Å². The molecule has 7 heteroatoms. The molecule has 0 unspecified atom stereocenters. The Bertz CT molecular complexity index is 927. The summed E-state index contributed by atoms with van der Waals surface area (Å²) in [6.07, 6.45) is 6.51. The number of nitrogens with zero attached hydrogens (tertiary/aromatic N) is 1. The molecule has 2 aromatic carbocycles. The number of benzene rings is 2. The van der Waals surface area contributed by atoms with E-state index in [0.29, 0.717) is 22.7 Å². The monoisotopic (exact) mass is 409 g/mol. The third-order valence-electron chi connectivity index (χ3n) is 5.04. The van der Waals surface area contributed by atoms with Gasteiger partial charge in [-0.05, 0) is 61.2 Å². The summed E-state index contributed by atoms with van der Waals surface area (Å²) in [5.41, 5.74) is 8.02. The quantitative estimate of drug-likeness (QED) is 0.683. The Labute approximate surface area is 176 Å². The van der Waals surface area contributed by atoms with E-state index < -0.39 is 5.91 Å². The predicted octanol–water partition coefficient (Wildman–Crippen LogP) is 3.44. The standard InChI is InChI=1S/C23H27N3O4/c1-29-18-12-16(13-19(15-18)30-2)6-9-22(27)25-20-14-17(23(24)28)7-8-21(20)26-10-4-3-5-11-26/h6-9,12-15H,3-5,10-11H2,1-2H3,(H2,24,28)(H,25,27)/b9-6+. The lowest BCUT2D eigenvalue weighted by Crippen LogP contribution is -2.30. The van der Waals surface area contributed by atoms with Gasteiger partial charge in [-0.1, -0.05) is 0 Å². The van der Waals surface area contributed by atoms with Gasteiger partial charge in [0, 0.05) is 30.8 Å². The minimum Gasteiger partial charge on any atom is -0.497 e. The summed E-state index contributed by atoms with van der Waals surface area (Å²) in [5, 5.41) is 2.89. The third-order valence-corrected chi connectivity index (χ3v) is 5.04. The molecule has 2 aromatic rings. The Morgan fingerprint density at radius 2 is 1.67 bits per heavy atom. The fourth-order valence-electron chi connectivity index (χ4n) is 3.47. The number of rotatable bonds is 7. The van der Waals surface area contributed by atoms with Crippen LogP contribution < -0.4 is 25.4 Å². The molecule has 3 rings (SSSR count). The number of carbonyl (C=O) groups excluding carboxylic acids is 2. The Balaban J connectivity index is 1.82. The largest absolute Gasteiger partial charge is 0.497 e. The molecule has 0 atom stereocenters. The zero-order valence-electron chi connectivity index (χ0n) is 17.3. The summed E-state index contributed by atoms with van der Waals surface area (Å²) in [7, 11) is 3.14. The van der Waals surface area contributed by atoms with E-state index in [4.69, 9.17) is 15.2 Å². The molecule has 158 valence electrons. The number of hydrogen-bond donors (Lipinski definition) is 2. The number of piperidine rings is 1. The van der Waals surface area contributed by atoms with Crippen LogP contribution in [0.5, 0.6) is 11.5 Å². The van der Waals surface area contributed by atoms with Crippen molar-refractivity contribution in [2.24, 2.45) is 5.73 Å². The molecule has 1 aliphatic rings. The first-order chi connectivity index (χ1) is 14.5. The van der Waals surface area contributed by atoms with Gasteiger partial charge in [0.1, 0.15) is 11.5 Å². The Hall–Kier alpha value is -3.48. The summed E-state index contributed by atoms with van der Waals surface area (Å²) >= 11 is 0. The van der Waals surface area contributed by atoms with Crippen molar-refractivity contribution in [2.45, 2.75) is 19.3 Å². The van der Waals surface area contributed by atoms with Crippen LogP contribution in [0, 0.1) is 0 Å². The maximum atomic E-state index is 12.6. The molecule has 30 heavy (non-hydrogen) atoms. The number of nitrogens with two attached hydrogens (primary N) is 1. The topological polar surface area (TPSA) is 93.9 Å². The normalized spacial score (nSPS) is 13.9. The SMILES string of the molecule is COc1cc(/C=C/C(=O)Nc2cc(C(N)=O)ccc2N2CCCCC2)cc(OC)c1. The fraction of sp³-hybridized carbons (Fsp3) is 0.304. The number of methoxy groups -OCH3 is 2. The van der Waals surface area contributed by atoms with E-state index in [-0.39, 0.29) is 5.91 Å². The van der Waals surface area contributed by atoms with Gasteiger partial charge in [0.2, 0.25) is 11.8 Å². The van der Waals surface area contributed by atoms with Crippen LogP contribution in [0.4, 0.5) is 11.4 Å². The first-order valence-corrected chi connectivity index (χ1v) is 9.91. The van der Waals surface area contributed by atoms with Crippen molar-refractivity contribution in [2.75, 3.05) is 37.5 Å². The van der Waals surface area contributed by atoms with Crippen LogP contribution in [0.2, 0.25) is 0 Å². The highest BCUT2D eigenvalue weighted by Crippen LogP contribution is 2.30. The van der Waals surface area contributed by atoms with Gasteiger partial charge in [-0.3, -0.25) is 9.59 Å². The second-order valence-corrected chi connectivity index (χ2v) is 7.11. The molecule has 1 aliphatic heterocycles. The van der Waals surface area contributed by atoms with E-state index in [2.05, 4.69) is 10.2 Å². The maximum Gasteiger partial charge on any atom is 0.248 e. The number of ether oxygens (including phenoxy) is 2. The molecule has 7 nitrogen and oxygen atoms in total. The van der Waals surface area contributed by atoms with Crippen LogP contribution in [-0.2, 0) is 4.79 Å². The average Bonchev–Trinajstić information content (AvgIpc) is 2.77. The molecule has 1 heterocycles. The van der Waals surface area contributed by atoms with E-state index in [0.717, 1.165) is 37.2 Å². The van der Waals surface area contributed by atoms with Crippen molar-refractivity contribution in [3.05, 3.63) is 53.6 Å². The van der Waals surface area contributed by atoms with Crippen molar-refractivity contribution in [3.63, 3.8) is 0 Å². The van der Waals surface area contributed by atoms with Gasteiger partial charge < -0.3 is 25.4 Å². The summed E-state index contributed by atoms with van der Waals surface area (Å²) in [6, 6.07) is 10.5. The van der Waals surface area contributed by atoms with Crippen molar-refractivity contribution >= 4 is 29.3 Å². The number of nitrogens with one attached hydrogen (secondary N) is 1. The van der Waals surface area contributed by atoms with Crippen molar-refractivity contribution < 1.29 is 19.1 Å². The van der Waals surface area contributed by atoms with Gasteiger partial charge in [0.15, 0.2) is 0 Å². The zero-order chi connectivity index (χ0) is 21.5. The van der Waals surface area contributed by atoms with Gasteiger partial charge in [-0.15, -0.1) is 0 Å². The molecular formula is C23H27N3O4. The van der Waals surface area contributed by atoms with E-state index in [1.807, 2.05) is 6.07 Å². The molecule has 1 fully saturated rings. The van der Waals surface area contributed by atoms with Gasteiger partial charge in [0.25, 0.3) is 0 Å². The van der Waals surface area contributed by atoms with Crippen molar-refractivity contribution in [1.82, 2.24) is 0 Å². The maximum absolute atomic E-state index is 12.6. The molecule has 0 saturated carbocycles. The predicted molar refractivity (Wildman–Crippen MR) is 118 cm³/mol.